The van der Waals surface area contributed by atoms with Gasteiger partial charge in [0.15, 0.2) is 0 Å². The first-order valence-corrected chi connectivity index (χ1v) is 6.20. The van der Waals surface area contributed by atoms with Gasteiger partial charge in [0, 0.05) is 6.54 Å². The molecule has 1 N–H and O–H groups in total. The van der Waals surface area contributed by atoms with Gasteiger partial charge in [0.2, 0.25) is 0 Å². The molecule has 2 unspecified atom stereocenters. The number of hydrogen-bond donors (Lipinski definition) is 1. The van der Waals surface area contributed by atoms with Gasteiger partial charge in [0.05, 0.1) is 0 Å². The fourth-order valence-corrected chi connectivity index (χ4v) is 4.18. The van der Waals surface area contributed by atoms with Gasteiger partial charge in [0.1, 0.15) is 0 Å². The lowest BCUT2D eigenvalue weighted by atomic mass is 9.46. The Bertz CT molecular complexity index is 225. The Labute approximate surface area is 88.7 Å². The van der Waals surface area contributed by atoms with E-state index in [0.717, 1.165) is 11.8 Å². The molecule has 4 atom stereocenters. The SMILES string of the molecule is CCC1CC2C[C@](C)(CNC)[C@]2(C)C1. The highest BCUT2D eigenvalue weighted by molar-refractivity contribution is 5.12. The van der Waals surface area contributed by atoms with E-state index >= 15 is 0 Å². The zero-order valence-corrected chi connectivity index (χ0v) is 10.2. The van der Waals surface area contributed by atoms with Gasteiger partial charge in [-0.2, -0.15) is 0 Å². The first kappa shape index (κ1) is 10.5. The van der Waals surface area contributed by atoms with E-state index in [4.69, 9.17) is 0 Å². The van der Waals surface area contributed by atoms with Crippen LogP contribution in [0.5, 0.6) is 0 Å². The number of hydrogen-bond acceptors (Lipinski definition) is 1. The van der Waals surface area contributed by atoms with E-state index in [0.29, 0.717) is 10.8 Å². The van der Waals surface area contributed by atoms with Crippen LogP contribution in [-0.2, 0) is 0 Å². The third-order valence-electron chi connectivity index (χ3n) is 5.45. The van der Waals surface area contributed by atoms with Crippen LogP contribution >= 0.6 is 0 Å². The van der Waals surface area contributed by atoms with Crippen molar-refractivity contribution in [1.82, 2.24) is 5.32 Å². The first-order chi connectivity index (χ1) is 6.55. The molecule has 2 saturated carbocycles. The van der Waals surface area contributed by atoms with Crippen LogP contribution in [0.4, 0.5) is 0 Å². The molecule has 0 bridgehead atoms. The van der Waals surface area contributed by atoms with E-state index in [1.54, 1.807) is 0 Å². The van der Waals surface area contributed by atoms with Crippen molar-refractivity contribution in [3.05, 3.63) is 0 Å². The maximum Gasteiger partial charge on any atom is 0.000759 e. The summed E-state index contributed by atoms with van der Waals surface area (Å²) >= 11 is 0. The van der Waals surface area contributed by atoms with Gasteiger partial charge >= 0.3 is 0 Å². The minimum Gasteiger partial charge on any atom is -0.319 e. The highest BCUT2D eigenvalue weighted by Gasteiger charge is 2.62. The van der Waals surface area contributed by atoms with Gasteiger partial charge in [-0.1, -0.05) is 27.2 Å². The van der Waals surface area contributed by atoms with Crippen molar-refractivity contribution in [3.8, 4) is 0 Å². The minimum atomic E-state index is 0.580. The van der Waals surface area contributed by atoms with Crippen molar-refractivity contribution in [2.24, 2.45) is 22.7 Å². The Morgan fingerprint density at radius 3 is 2.57 bits per heavy atom. The van der Waals surface area contributed by atoms with Crippen LogP contribution in [0.1, 0.15) is 46.5 Å². The van der Waals surface area contributed by atoms with Crippen LogP contribution in [-0.4, -0.2) is 13.6 Å². The third-order valence-corrected chi connectivity index (χ3v) is 5.45. The Morgan fingerprint density at radius 2 is 2.00 bits per heavy atom. The van der Waals surface area contributed by atoms with E-state index in [1.165, 1.54) is 32.2 Å². The van der Waals surface area contributed by atoms with Gasteiger partial charge < -0.3 is 5.32 Å². The smallest absolute Gasteiger partial charge is 0.000759 e. The number of fused-ring (bicyclic) bond motifs is 1. The summed E-state index contributed by atoms with van der Waals surface area (Å²) in [7, 11) is 2.09. The maximum absolute atomic E-state index is 3.38. The highest BCUT2D eigenvalue weighted by Crippen LogP contribution is 2.69. The molecule has 1 heteroatoms. The standard InChI is InChI=1S/C13H25N/c1-5-10-6-11-8-12(2,9-14-4)13(11,3)7-10/h10-11,14H,5-9H2,1-4H3/t10?,11?,12-,13-/m1/s1. The fraction of sp³-hybridized carbons (Fsp3) is 1.00. The summed E-state index contributed by atoms with van der Waals surface area (Å²) in [5, 5.41) is 3.38. The average Bonchev–Trinajstić information content (AvgIpc) is 2.41. The molecule has 0 heterocycles. The Kier molecular flexibility index (Phi) is 2.42. The lowest BCUT2D eigenvalue weighted by Gasteiger charge is -2.59. The van der Waals surface area contributed by atoms with Gasteiger partial charge in [-0.25, -0.2) is 0 Å². The molecular formula is C13H25N. The molecule has 2 rings (SSSR count). The van der Waals surface area contributed by atoms with Crippen molar-refractivity contribution < 1.29 is 0 Å². The maximum atomic E-state index is 3.38. The summed E-state index contributed by atoms with van der Waals surface area (Å²) in [5.74, 6) is 2.05. The Hall–Kier alpha value is -0.0400. The fourth-order valence-electron chi connectivity index (χ4n) is 4.18. The monoisotopic (exact) mass is 195 g/mol. The molecule has 0 aromatic rings. The van der Waals surface area contributed by atoms with Crippen LogP contribution in [0.2, 0.25) is 0 Å². The van der Waals surface area contributed by atoms with Gasteiger partial charge in [-0.05, 0) is 49.0 Å². The third kappa shape index (κ3) is 1.18. The topological polar surface area (TPSA) is 12.0 Å². The molecule has 0 aromatic carbocycles. The second-order valence-corrected chi connectivity index (χ2v) is 6.12. The van der Waals surface area contributed by atoms with Crippen LogP contribution in [0.3, 0.4) is 0 Å². The summed E-state index contributed by atoms with van der Waals surface area (Å²) in [6.45, 7) is 8.58. The average molecular weight is 195 g/mol. The highest BCUT2D eigenvalue weighted by atomic mass is 14.9. The summed E-state index contributed by atoms with van der Waals surface area (Å²) in [5.41, 5.74) is 1.23. The van der Waals surface area contributed by atoms with E-state index in [2.05, 4.69) is 33.1 Å². The molecule has 2 fully saturated rings. The molecule has 82 valence electrons. The normalized spacial score (nSPS) is 51.4. The molecule has 2 aliphatic rings. The largest absolute Gasteiger partial charge is 0.319 e. The molecule has 1 nitrogen and oxygen atoms in total. The predicted molar refractivity (Wildman–Crippen MR) is 61.3 cm³/mol. The lowest BCUT2D eigenvalue weighted by molar-refractivity contribution is -0.0963. The van der Waals surface area contributed by atoms with Gasteiger partial charge in [0.25, 0.3) is 0 Å². The molecule has 2 aliphatic carbocycles. The number of rotatable bonds is 3. The molecule has 14 heavy (non-hydrogen) atoms. The number of nitrogens with one attached hydrogen (secondary N) is 1. The van der Waals surface area contributed by atoms with Crippen molar-refractivity contribution in [1.29, 1.82) is 0 Å². The zero-order chi connectivity index (χ0) is 10.4. The van der Waals surface area contributed by atoms with Crippen molar-refractivity contribution in [2.75, 3.05) is 13.6 Å². The molecule has 0 spiro atoms. The zero-order valence-electron chi connectivity index (χ0n) is 10.2. The molecule has 0 amide bonds. The summed E-state index contributed by atoms with van der Waals surface area (Å²) in [6.07, 6.45) is 5.83. The molecular weight excluding hydrogens is 170 g/mol. The quantitative estimate of drug-likeness (QED) is 0.730. The van der Waals surface area contributed by atoms with Gasteiger partial charge in [-0.3, -0.25) is 0 Å². The summed E-state index contributed by atoms with van der Waals surface area (Å²) in [4.78, 5) is 0. The van der Waals surface area contributed by atoms with E-state index in [9.17, 15) is 0 Å². The lowest BCUT2D eigenvalue weighted by Crippen LogP contribution is -2.56. The van der Waals surface area contributed by atoms with E-state index in [-0.39, 0.29) is 0 Å². The van der Waals surface area contributed by atoms with Crippen LogP contribution in [0.15, 0.2) is 0 Å². The molecule has 0 aromatic heterocycles. The Morgan fingerprint density at radius 1 is 1.29 bits per heavy atom. The molecule has 0 aliphatic heterocycles. The second kappa shape index (κ2) is 3.23. The Balaban J connectivity index is 2.08. The molecule has 0 saturated heterocycles. The second-order valence-electron chi connectivity index (χ2n) is 6.12. The van der Waals surface area contributed by atoms with Gasteiger partial charge in [-0.15, -0.1) is 0 Å². The van der Waals surface area contributed by atoms with Crippen LogP contribution < -0.4 is 5.32 Å². The first-order valence-electron chi connectivity index (χ1n) is 6.20. The van der Waals surface area contributed by atoms with Crippen LogP contribution in [0.25, 0.3) is 0 Å². The van der Waals surface area contributed by atoms with E-state index in [1.807, 2.05) is 0 Å². The molecule has 0 radical (unpaired) electrons. The summed E-state index contributed by atoms with van der Waals surface area (Å²) < 4.78 is 0. The predicted octanol–water partition coefficient (Wildman–Crippen LogP) is 3.06. The van der Waals surface area contributed by atoms with Crippen molar-refractivity contribution in [2.45, 2.75) is 46.5 Å². The minimum absolute atomic E-state index is 0.580. The van der Waals surface area contributed by atoms with Crippen molar-refractivity contribution >= 4 is 0 Å². The van der Waals surface area contributed by atoms with E-state index < -0.39 is 0 Å². The summed E-state index contributed by atoms with van der Waals surface area (Å²) in [6, 6.07) is 0. The van der Waals surface area contributed by atoms with Crippen LogP contribution in [0, 0.1) is 22.7 Å². The van der Waals surface area contributed by atoms with Crippen molar-refractivity contribution in [3.63, 3.8) is 0 Å².